The van der Waals surface area contributed by atoms with Gasteiger partial charge in [-0.3, -0.25) is 0 Å². The molecule has 1 aliphatic rings. The minimum Gasteiger partial charge on any atom is -0.465 e. The lowest BCUT2D eigenvalue weighted by atomic mass is 9.92. The van der Waals surface area contributed by atoms with Crippen LogP contribution in [0.3, 0.4) is 0 Å². The van der Waals surface area contributed by atoms with Crippen LogP contribution in [0.25, 0.3) is 0 Å². The van der Waals surface area contributed by atoms with E-state index in [0.29, 0.717) is 5.56 Å². The van der Waals surface area contributed by atoms with Crippen LogP contribution >= 0.6 is 0 Å². The summed E-state index contributed by atoms with van der Waals surface area (Å²) in [5.41, 5.74) is 8.31. The van der Waals surface area contributed by atoms with Gasteiger partial charge in [-0.15, -0.1) is 0 Å². The van der Waals surface area contributed by atoms with Crippen molar-refractivity contribution in [3.8, 4) is 0 Å². The Morgan fingerprint density at radius 1 is 1.40 bits per heavy atom. The molecule has 0 saturated carbocycles. The van der Waals surface area contributed by atoms with Gasteiger partial charge in [-0.25, -0.2) is 4.79 Å². The summed E-state index contributed by atoms with van der Waals surface area (Å²) in [6.45, 7) is 4.27. The van der Waals surface area contributed by atoms with Crippen molar-refractivity contribution in [2.45, 2.75) is 32.6 Å². The molecular formula is C16H24N2O2. The second-order valence-corrected chi connectivity index (χ2v) is 5.48. The SMILES string of the molecule is CCCC1CCN(c2cc(C(=O)OC)ccc2N)CC1. The number of rotatable bonds is 4. The van der Waals surface area contributed by atoms with Crippen molar-refractivity contribution in [3.63, 3.8) is 0 Å². The van der Waals surface area contributed by atoms with Gasteiger partial charge in [0.15, 0.2) is 0 Å². The zero-order chi connectivity index (χ0) is 14.5. The smallest absolute Gasteiger partial charge is 0.337 e. The Morgan fingerprint density at radius 2 is 2.10 bits per heavy atom. The molecule has 1 fully saturated rings. The summed E-state index contributed by atoms with van der Waals surface area (Å²) >= 11 is 0. The fraction of sp³-hybridized carbons (Fsp3) is 0.562. The molecule has 20 heavy (non-hydrogen) atoms. The largest absolute Gasteiger partial charge is 0.465 e. The number of carbonyl (C=O) groups is 1. The number of methoxy groups -OCH3 is 1. The number of nitrogens with zero attached hydrogens (tertiary/aromatic N) is 1. The Labute approximate surface area is 120 Å². The molecule has 1 saturated heterocycles. The molecule has 0 unspecified atom stereocenters. The molecule has 4 nitrogen and oxygen atoms in total. The third kappa shape index (κ3) is 3.24. The Kier molecular flexibility index (Phi) is 4.88. The Bertz CT molecular complexity index is 466. The summed E-state index contributed by atoms with van der Waals surface area (Å²) in [6, 6.07) is 5.36. The molecule has 1 heterocycles. The molecule has 0 atom stereocenters. The van der Waals surface area contributed by atoms with Crippen molar-refractivity contribution in [3.05, 3.63) is 23.8 Å². The van der Waals surface area contributed by atoms with E-state index in [1.54, 1.807) is 12.1 Å². The number of esters is 1. The first-order valence-corrected chi connectivity index (χ1v) is 7.38. The minimum absolute atomic E-state index is 0.313. The quantitative estimate of drug-likeness (QED) is 0.678. The van der Waals surface area contributed by atoms with Gasteiger partial charge in [0, 0.05) is 13.1 Å². The van der Waals surface area contributed by atoms with Gasteiger partial charge in [0.2, 0.25) is 0 Å². The highest BCUT2D eigenvalue weighted by Crippen LogP contribution is 2.30. The molecule has 0 radical (unpaired) electrons. The van der Waals surface area contributed by atoms with Gasteiger partial charge in [-0.2, -0.15) is 0 Å². The molecule has 0 spiro atoms. The maximum atomic E-state index is 11.6. The normalized spacial score (nSPS) is 16.2. The fourth-order valence-corrected chi connectivity index (χ4v) is 2.93. The second kappa shape index (κ2) is 6.64. The number of piperidine rings is 1. The first-order valence-electron chi connectivity index (χ1n) is 7.38. The highest BCUT2D eigenvalue weighted by atomic mass is 16.5. The summed E-state index contributed by atoms with van der Waals surface area (Å²) in [6.07, 6.45) is 4.97. The molecule has 1 aromatic carbocycles. The van der Waals surface area contributed by atoms with E-state index in [1.807, 2.05) is 6.07 Å². The number of carbonyl (C=O) groups excluding carboxylic acids is 1. The number of ether oxygens (including phenoxy) is 1. The molecule has 110 valence electrons. The number of hydrogen-bond donors (Lipinski definition) is 1. The fourth-order valence-electron chi connectivity index (χ4n) is 2.93. The van der Waals surface area contributed by atoms with Crippen LogP contribution in [0.5, 0.6) is 0 Å². The zero-order valence-electron chi connectivity index (χ0n) is 12.4. The van der Waals surface area contributed by atoms with Gasteiger partial charge in [-0.1, -0.05) is 19.8 Å². The van der Waals surface area contributed by atoms with Crippen LogP contribution in [0.1, 0.15) is 43.0 Å². The summed E-state index contributed by atoms with van der Waals surface area (Å²) in [5, 5.41) is 0. The van der Waals surface area contributed by atoms with Crippen molar-refractivity contribution in [1.29, 1.82) is 0 Å². The van der Waals surface area contributed by atoms with E-state index in [4.69, 9.17) is 10.5 Å². The Hall–Kier alpha value is -1.71. The summed E-state index contributed by atoms with van der Waals surface area (Å²) in [4.78, 5) is 13.9. The van der Waals surface area contributed by atoms with Gasteiger partial charge in [-0.05, 0) is 37.0 Å². The second-order valence-electron chi connectivity index (χ2n) is 5.48. The molecule has 4 heteroatoms. The van der Waals surface area contributed by atoms with Gasteiger partial charge < -0.3 is 15.4 Å². The Balaban J connectivity index is 2.11. The molecule has 0 aromatic heterocycles. The van der Waals surface area contributed by atoms with Gasteiger partial charge in [0.1, 0.15) is 0 Å². The number of nitrogen functional groups attached to an aromatic ring is 1. The molecule has 0 amide bonds. The van der Waals surface area contributed by atoms with Gasteiger partial charge in [0.25, 0.3) is 0 Å². The van der Waals surface area contributed by atoms with Crippen molar-refractivity contribution in [1.82, 2.24) is 0 Å². The molecule has 0 aliphatic carbocycles. The molecule has 2 rings (SSSR count). The van der Waals surface area contributed by atoms with Crippen LogP contribution < -0.4 is 10.6 Å². The molecule has 0 bridgehead atoms. The van der Waals surface area contributed by atoms with E-state index < -0.39 is 0 Å². The number of nitrogens with two attached hydrogens (primary N) is 1. The summed E-state index contributed by atoms with van der Waals surface area (Å²) in [5.74, 6) is 0.522. The third-order valence-electron chi connectivity index (χ3n) is 4.10. The lowest BCUT2D eigenvalue weighted by Crippen LogP contribution is -2.34. The number of benzene rings is 1. The summed E-state index contributed by atoms with van der Waals surface area (Å²) < 4.78 is 4.77. The standard InChI is InChI=1S/C16H24N2O2/c1-3-4-12-7-9-18(10-8-12)15-11-13(16(19)20-2)5-6-14(15)17/h5-6,11-12H,3-4,7-10,17H2,1-2H3. The van der Waals surface area contributed by atoms with Crippen LogP contribution in [0.2, 0.25) is 0 Å². The molecular weight excluding hydrogens is 252 g/mol. The van der Waals surface area contributed by atoms with Crippen molar-refractivity contribution in [2.24, 2.45) is 5.92 Å². The number of anilines is 2. The molecule has 1 aromatic rings. The van der Waals surface area contributed by atoms with E-state index in [0.717, 1.165) is 30.4 Å². The maximum Gasteiger partial charge on any atom is 0.337 e. The van der Waals surface area contributed by atoms with Crippen LogP contribution in [-0.2, 0) is 4.74 Å². The molecule has 2 N–H and O–H groups in total. The first kappa shape index (κ1) is 14.7. The average molecular weight is 276 g/mol. The highest BCUT2D eigenvalue weighted by molar-refractivity contribution is 5.92. The lowest BCUT2D eigenvalue weighted by molar-refractivity contribution is 0.0601. The average Bonchev–Trinajstić information content (AvgIpc) is 2.48. The molecule has 1 aliphatic heterocycles. The van der Waals surface area contributed by atoms with E-state index in [2.05, 4.69) is 11.8 Å². The predicted octanol–water partition coefficient (Wildman–Crippen LogP) is 3.07. The summed E-state index contributed by atoms with van der Waals surface area (Å²) in [7, 11) is 1.40. The monoisotopic (exact) mass is 276 g/mol. The number of hydrogen-bond acceptors (Lipinski definition) is 4. The third-order valence-corrected chi connectivity index (χ3v) is 4.10. The van der Waals surface area contributed by atoms with Crippen molar-refractivity contribution in [2.75, 3.05) is 30.8 Å². The van der Waals surface area contributed by atoms with Gasteiger partial charge in [0.05, 0.1) is 24.0 Å². The predicted molar refractivity (Wildman–Crippen MR) is 82.0 cm³/mol. The van der Waals surface area contributed by atoms with Crippen LogP contribution in [0.4, 0.5) is 11.4 Å². The van der Waals surface area contributed by atoms with Crippen LogP contribution in [0.15, 0.2) is 18.2 Å². The van der Waals surface area contributed by atoms with E-state index in [9.17, 15) is 4.79 Å². The van der Waals surface area contributed by atoms with E-state index in [1.165, 1.54) is 32.8 Å². The highest BCUT2D eigenvalue weighted by Gasteiger charge is 2.21. The minimum atomic E-state index is -0.313. The van der Waals surface area contributed by atoms with Crippen molar-refractivity contribution >= 4 is 17.3 Å². The lowest BCUT2D eigenvalue weighted by Gasteiger charge is -2.34. The Morgan fingerprint density at radius 3 is 2.70 bits per heavy atom. The first-order chi connectivity index (χ1) is 9.65. The zero-order valence-corrected chi connectivity index (χ0v) is 12.4. The van der Waals surface area contributed by atoms with Crippen LogP contribution in [0, 0.1) is 5.92 Å². The topological polar surface area (TPSA) is 55.6 Å². The van der Waals surface area contributed by atoms with E-state index in [-0.39, 0.29) is 5.97 Å². The maximum absolute atomic E-state index is 11.6. The van der Waals surface area contributed by atoms with E-state index >= 15 is 0 Å². The van der Waals surface area contributed by atoms with Gasteiger partial charge >= 0.3 is 5.97 Å². The van der Waals surface area contributed by atoms with Crippen LogP contribution in [-0.4, -0.2) is 26.2 Å². The van der Waals surface area contributed by atoms with Crippen molar-refractivity contribution < 1.29 is 9.53 Å².